The Morgan fingerprint density at radius 3 is 2.62 bits per heavy atom. The summed E-state index contributed by atoms with van der Waals surface area (Å²) in [6, 6.07) is 8.19. The fourth-order valence-corrected chi connectivity index (χ4v) is 2.63. The van der Waals surface area contributed by atoms with Gasteiger partial charge < -0.3 is 15.2 Å². The summed E-state index contributed by atoms with van der Waals surface area (Å²) in [5.41, 5.74) is 0.752. The minimum absolute atomic E-state index is 0.0207. The van der Waals surface area contributed by atoms with Gasteiger partial charge in [-0.2, -0.15) is 0 Å². The van der Waals surface area contributed by atoms with Crippen LogP contribution in [0.3, 0.4) is 0 Å². The van der Waals surface area contributed by atoms with Crippen molar-refractivity contribution in [1.82, 2.24) is 0 Å². The van der Waals surface area contributed by atoms with Crippen molar-refractivity contribution in [2.45, 2.75) is 0 Å². The van der Waals surface area contributed by atoms with Crippen molar-refractivity contribution in [3.05, 3.63) is 45.1 Å². The Labute approximate surface area is 130 Å². The largest absolute Gasteiger partial charge is 0.506 e. The van der Waals surface area contributed by atoms with Crippen LogP contribution in [0, 0.1) is 0 Å². The third-order valence-corrected chi connectivity index (χ3v) is 4.05. The SMILES string of the molecule is COC(=O)c1sc(C(=O)CNc2ccc(Cl)cc2)cc1O. The summed E-state index contributed by atoms with van der Waals surface area (Å²) in [6.45, 7) is 0.0438. The van der Waals surface area contributed by atoms with E-state index in [0.717, 1.165) is 17.0 Å². The van der Waals surface area contributed by atoms with Crippen LogP contribution in [0.4, 0.5) is 5.69 Å². The fraction of sp³-hybridized carbons (Fsp3) is 0.143. The van der Waals surface area contributed by atoms with Crippen LogP contribution in [0.5, 0.6) is 5.75 Å². The number of nitrogens with one attached hydrogen (secondary N) is 1. The maximum Gasteiger partial charge on any atom is 0.351 e. The highest BCUT2D eigenvalue weighted by Crippen LogP contribution is 2.29. The zero-order valence-electron chi connectivity index (χ0n) is 11.1. The van der Waals surface area contributed by atoms with Crippen LogP contribution in [0.2, 0.25) is 5.02 Å². The van der Waals surface area contributed by atoms with Gasteiger partial charge in [-0.1, -0.05) is 11.6 Å². The first kappa shape index (κ1) is 15.3. The maximum absolute atomic E-state index is 12.0. The molecule has 1 aromatic carbocycles. The number of carbonyl (C=O) groups is 2. The Balaban J connectivity index is 2.03. The highest BCUT2D eigenvalue weighted by atomic mass is 35.5. The molecule has 0 bridgehead atoms. The second-order valence-corrected chi connectivity index (χ2v) is 5.59. The molecule has 1 heterocycles. The third-order valence-electron chi connectivity index (χ3n) is 2.66. The second-order valence-electron chi connectivity index (χ2n) is 4.10. The van der Waals surface area contributed by atoms with E-state index in [1.807, 2.05) is 0 Å². The lowest BCUT2D eigenvalue weighted by Gasteiger charge is -2.04. The van der Waals surface area contributed by atoms with Crippen molar-refractivity contribution >= 4 is 40.4 Å². The van der Waals surface area contributed by atoms with Crippen LogP contribution >= 0.6 is 22.9 Å². The van der Waals surface area contributed by atoms with Gasteiger partial charge in [-0.05, 0) is 24.3 Å². The number of aromatic hydroxyl groups is 1. The number of carbonyl (C=O) groups excluding carboxylic acids is 2. The van der Waals surface area contributed by atoms with Gasteiger partial charge in [-0.3, -0.25) is 4.79 Å². The van der Waals surface area contributed by atoms with E-state index >= 15 is 0 Å². The van der Waals surface area contributed by atoms with Gasteiger partial charge in [0.15, 0.2) is 10.7 Å². The van der Waals surface area contributed by atoms with Crippen molar-refractivity contribution in [3.63, 3.8) is 0 Å². The van der Waals surface area contributed by atoms with Crippen molar-refractivity contribution in [2.75, 3.05) is 19.0 Å². The van der Waals surface area contributed by atoms with Gasteiger partial charge in [0.2, 0.25) is 0 Å². The molecule has 2 rings (SSSR count). The molecule has 0 saturated carbocycles. The Hall–Kier alpha value is -2.05. The third kappa shape index (κ3) is 3.74. The average molecular weight is 326 g/mol. The molecule has 0 aliphatic rings. The number of esters is 1. The first-order valence-corrected chi connectivity index (χ1v) is 7.14. The highest BCUT2D eigenvalue weighted by Gasteiger charge is 2.19. The lowest BCUT2D eigenvalue weighted by molar-refractivity contribution is 0.0603. The minimum Gasteiger partial charge on any atom is -0.506 e. The molecule has 0 radical (unpaired) electrons. The van der Waals surface area contributed by atoms with E-state index in [4.69, 9.17) is 11.6 Å². The number of Topliss-reactive ketones (excluding diaryl/α,β-unsaturated/α-hetero) is 1. The lowest BCUT2D eigenvalue weighted by atomic mass is 10.2. The molecule has 5 nitrogen and oxygen atoms in total. The number of anilines is 1. The van der Waals surface area contributed by atoms with Crippen molar-refractivity contribution in [3.8, 4) is 5.75 Å². The molecule has 0 atom stereocenters. The van der Waals surface area contributed by atoms with E-state index in [9.17, 15) is 14.7 Å². The molecule has 21 heavy (non-hydrogen) atoms. The number of methoxy groups -OCH3 is 1. The Morgan fingerprint density at radius 2 is 2.00 bits per heavy atom. The number of ether oxygens (including phenoxy) is 1. The number of hydrogen-bond donors (Lipinski definition) is 2. The van der Waals surface area contributed by atoms with E-state index in [-0.39, 0.29) is 27.8 Å². The number of hydrogen-bond acceptors (Lipinski definition) is 6. The molecule has 0 unspecified atom stereocenters. The molecule has 110 valence electrons. The molecular formula is C14H12ClNO4S. The second kappa shape index (κ2) is 6.60. The summed E-state index contributed by atoms with van der Waals surface area (Å²) < 4.78 is 4.52. The topological polar surface area (TPSA) is 75.6 Å². The fourth-order valence-electron chi connectivity index (χ4n) is 1.59. The standard InChI is InChI=1S/C14H12ClNO4S/c1-20-14(19)13-10(17)6-12(21-13)11(18)7-16-9-4-2-8(15)3-5-9/h2-6,16-17H,7H2,1H3. The Morgan fingerprint density at radius 1 is 1.33 bits per heavy atom. The van der Waals surface area contributed by atoms with Gasteiger partial charge in [-0.25, -0.2) is 4.79 Å². The van der Waals surface area contributed by atoms with Crippen LogP contribution in [-0.4, -0.2) is 30.5 Å². The molecular weight excluding hydrogens is 314 g/mol. The summed E-state index contributed by atoms with van der Waals surface area (Å²) in [5, 5.41) is 13.2. The van der Waals surface area contributed by atoms with Gasteiger partial charge in [-0.15, -0.1) is 11.3 Å². The van der Waals surface area contributed by atoms with Crippen molar-refractivity contribution < 1.29 is 19.4 Å². The molecule has 0 amide bonds. The molecule has 0 fully saturated rings. The number of ketones is 1. The average Bonchev–Trinajstić information content (AvgIpc) is 2.87. The number of benzene rings is 1. The van der Waals surface area contributed by atoms with Crippen LogP contribution in [0.15, 0.2) is 30.3 Å². The van der Waals surface area contributed by atoms with E-state index < -0.39 is 5.97 Å². The summed E-state index contributed by atoms with van der Waals surface area (Å²) >= 11 is 6.67. The predicted octanol–water partition coefficient (Wildman–Crippen LogP) is 3.19. The molecule has 0 spiro atoms. The number of thiophene rings is 1. The van der Waals surface area contributed by atoms with Gasteiger partial charge in [0.05, 0.1) is 18.5 Å². The van der Waals surface area contributed by atoms with Crippen LogP contribution in [-0.2, 0) is 4.74 Å². The number of rotatable bonds is 5. The van der Waals surface area contributed by atoms with Gasteiger partial charge in [0.25, 0.3) is 0 Å². The van der Waals surface area contributed by atoms with Gasteiger partial charge in [0.1, 0.15) is 5.75 Å². The van der Waals surface area contributed by atoms with Crippen LogP contribution in [0.25, 0.3) is 0 Å². The van der Waals surface area contributed by atoms with Crippen molar-refractivity contribution in [2.24, 2.45) is 0 Å². The van der Waals surface area contributed by atoms with Crippen molar-refractivity contribution in [1.29, 1.82) is 0 Å². The summed E-state index contributed by atoms with van der Waals surface area (Å²) in [5.74, 6) is -1.15. The summed E-state index contributed by atoms with van der Waals surface area (Å²) in [4.78, 5) is 23.7. The molecule has 1 aromatic heterocycles. The monoisotopic (exact) mass is 325 g/mol. The summed E-state index contributed by atoms with van der Waals surface area (Å²) in [6.07, 6.45) is 0. The molecule has 7 heteroatoms. The first-order chi connectivity index (χ1) is 10.0. The summed E-state index contributed by atoms with van der Waals surface area (Å²) in [7, 11) is 1.21. The van der Waals surface area contributed by atoms with Crippen LogP contribution in [0.1, 0.15) is 19.3 Å². The minimum atomic E-state index is -0.665. The molecule has 2 N–H and O–H groups in total. The molecule has 0 aliphatic carbocycles. The molecule has 0 aliphatic heterocycles. The van der Waals surface area contributed by atoms with E-state index in [1.165, 1.54) is 13.2 Å². The van der Waals surface area contributed by atoms with E-state index in [2.05, 4.69) is 10.1 Å². The maximum atomic E-state index is 12.0. The van der Waals surface area contributed by atoms with Crippen LogP contribution < -0.4 is 5.32 Å². The Bertz CT molecular complexity index is 666. The van der Waals surface area contributed by atoms with Gasteiger partial charge >= 0.3 is 5.97 Å². The van der Waals surface area contributed by atoms with E-state index in [1.54, 1.807) is 24.3 Å². The Kier molecular flexibility index (Phi) is 4.82. The normalized spacial score (nSPS) is 10.2. The zero-order chi connectivity index (χ0) is 15.4. The molecule has 2 aromatic rings. The van der Waals surface area contributed by atoms with Gasteiger partial charge in [0, 0.05) is 16.8 Å². The quantitative estimate of drug-likeness (QED) is 0.652. The first-order valence-electron chi connectivity index (χ1n) is 5.95. The smallest absolute Gasteiger partial charge is 0.351 e. The highest BCUT2D eigenvalue weighted by molar-refractivity contribution is 7.16. The zero-order valence-corrected chi connectivity index (χ0v) is 12.6. The molecule has 0 saturated heterocycles. The predicted molar refractivity (Wildman–Crippen MR) is 81.6 cm³/mol. The lowest BCUT2D eigenvalue weighted by Crippen LogP contribution is -2.12. The number of halogens is 1. The van der Waals surface area contributed by atoms with E-state index in [0.29, 0.717) is 5.02 Å².